The molecule has 0 aliphatic carbocycles. The van der Waals surface area contributed by atoms with Gasteiger partial charge in [-0.15, -0.1) is 4.99 Å². The number of hydrogen-bond acceptors (Lipinski definition) is 4. The molecule has 1 aliphatic heterocycles. The van der Waals surface area contributed by atoms with Crippen LogP contribution in [-0.2, 0) is 0 Å². The van der Waals surface area contributed by atoms with Gasteiger partial charge in [-0.2, -0.15) is 10.5 Å². The average molecular weight is 152 g/mol. The zero-order valence-corrected chi connectivity index (χ0v) is 5.93. The molecule has 0 amide bonds. The Morgan fingerprint density at radius 1 is 1.60 bits per heavy atom. The molecule has 0 aromatic rings. The van der Waals surface area contributed by atoms with Gasteiger partial charge in [-0.3, -0.25) is 4.90 Å². The third kappa shape index (κ3) is 1.20. The van der Waals surface area contributed by atoms with Crippen LogP contribution in [0.25, 0.3) is 0 Å². The van der Waals surface area contributed by atoms with E-state index in [4.69, 9.17) is 10.5 Å². The largest absolute Gasteiger partial charge is 0.256 e. The fourth-order valence-corrected chi connectivity index (χ4v) is 1.48. The lowest BCUT2D eigenvalue weighted by Crippen LogP contribution is -2.17. The topological polar surface area (TPSA) is 63.2 Å². The first-order valence-corrected chi connectivity index (χ1v) is 3.64. The molecule has 0 aromatic carbocycles. The van der Waals surface area contributed by atoms with Gasteiger partial charge in [0.1, 0.15) is 0 Å². The van der Waals surface area contributed by atoms with E-state index in [0.717, 1.165) is 5.75 Å². The lowest BCUT2D eigenvalue weighted by atomic mass is 10.7. The van der Waals surface area contributed by atoms with Gasteiger partial charge in [0.05, 0.1) is 0 Å². The maximum absolute atomic E-state index is 8.44. The van der Waals surface area contributed by atoms with Crippen molar-refractivity contribution in [1.29, 1.82) is 10.5 Å². The maximum Gasteiger partial charge on any atom is 0.208 e. The summed E-state index contributed by atoms with van der Waals surface area (Å²) in [6, 6.07) is 0. The molecular weight excluding hydrogens is 148 g/mol. The molecule has 1 fully saturated rings. The van der Waals surface area contributed by atoms with Gasteiger partial charge in [-0.1, -0.05) is 11.8 Å². The van der Waals surface area contributed by atoms with Crippen molar-refractivity contribution in [2.24, 2.45) is 4.99 Å². The Morgan fingerprint density at radius 2 is 2.40 bits per heavy atom. The quantitative estimate of drug-likeness (QED) is 0.470. The predicted molar refractivity (Wildman–Crippen MR) is 37.8 cm³/mol. The number of nitriles is 2. The highest BCUT2D eigenvalue weighted by Crippen LogP contribution is 2.15. The number of amidine groups is 1. The molecule has 0 N–H and O–H groups in total. The van der Waals surface area contributed by atoms with E-state index < -0.39 is 0 Å². The highest BCUT2D eigenvalue weighted by atomic mass is 32.2. The van der Waals surface area contributed by atoms with E-state index in [1.165, 1.54) is 16.7 Å². The zero-order chi connectivity index (χ0) is 7.40. The van der Waals surface area contributed by atoms with E-state index in [0.29, 0.717) is 11.7 Å². The number of aliphatic imine (C=N–C) groups is 1. The van der Waals surface area contributed by atoms with Crippen molar-refractivity contribution in [3.63, 3.8) is 0 Å². The Bertz CT molecular complexity index is 233. The minimum absolute atomic E-state index is 0.519. The van der Waals surface area contributed by atoms with Gasteiger partial charge < -0.3 is 0 Å². The van der Waals surface area contributed by atoms with E-state index in [1.807, 2.05) is 6.19 Å². The Morgan fingerprint density at radius 3 is 3.00 bits per heavy atom. The molecule has 1 aliphatic rings. The van der Waals surface area contributed by atoms with Crippen LogP contribution < -0.4 is 0 Å². The van der Waals surface area contributed by atoms with Gasteiger partial charge in [0.15, 0.2) is 11.4 Å². The molecule has 50 valence electrons. The molecule has 1 saturated heterocycles. The summed E-state index contributed by atoms with van der Waals surface area (Å²) >= 11 is 1.43. The Hall–Kier alpha value is -1.20. The van der Waals surface area contributed by atoms with Gasteiger partial charge in [-0.25, -0.2) is 0 Å². The van der Waals surface area contributed by atoms with Gasteiger partial charge in [0.2, 0.25) is 6.19 Å². The standard InChI is InChI=1S/C5H4N4S/c6-3-8-5-9(4-7)1-2-10-5/h1-2H2. The summed E-state index contributed by atoms with van der Waals surface area (Å²) in [4.78, 5) is 4.88. The Labute approximate surface area is 62.8 Å². The maximum atomic E-state index is 8.44. The van der Waals surface area contributed by atoms with Crippen molar-refractivity contribution in [3.05, 3.63) is 0 Å². The predicted octanol–water partition coefficient (Wildman–Crippen LogP) is 0.353. The van der Waals surface area contributed by atoms with Crippen molar-refractivity contribution in [2.75, 3.05) is 12.3 Å². The van der Waals surface area contributed by atoms with E-state index in [9.17, 15) is 0 Å². The van der Waals surface area contributed by atoms with Gasteiger partial charge in [0.25, 0.3) is 0 Å². The summed E-state index contributed by atoms with van der Waals surface area (Å²) in [6.45, 7) is 0.668. The van der Waals surface area contributed by atoms with Crippen LogP contribution in [0.4, 0.5) is 0 Å². The van der Waals surface area contributed by atoms with Crippen LogP contribution in [0.15, 0.2) is 4.99 Å². The number of hydrogen-bond donors (Lipinski definition) is 0. The molecular formula is C5H4N4S. The van der Waals surface area contributed by atoms with E-state index in [2.05, 4.69) is 4.99 Å². The third-order valence-electron chi connectivity index (χ3n) is 1.04. The molecule has 0 unspecified atom stereocenters. The van der Waals surface area contributed by atoms with Crippen LogP contribution in [-0.4, -0.2) is 22.4 Å². The normalized spacial score (nSPS) is 20.6. The van der Waals surface area contributed by atoms with E-state index in [1.54, 1.807) is 6.19 Å². The second-order valence-electron chi connectivity index (χ2n) is 1.59. The van der Waals surface area contributed by atoms with Crippen LogP contribution in [0.1, 0.15) is 0 Å². The molecule has 10 heavy (non-hydrogen) atoms. The minimum Gasteiger partial charge on any atom is -0.256 e. The highest BCUT2D eigenvalue weighted by Gasteiger charge is 2.18. The van der Waals surface area contributed by atoms with Gasteiger partial charge in [0, 0.05) is 12.3 Å². The highest BCUT2D eigenvalue weighted by molar-refractivity contribution is 8.14. The van der Waals surface area contributed by atoms with E-state index >= 15 is 0 Å². The first kappa shape index (κ1) is 6.91. The zero-order valence-electron chi connectivity index (χ0n) is 5.11. The second kappa shape index (κ2) is 3.09. The molecule has 0 saturated carbocycles. The average Bonchev–Trinajstić information content (AvgIpc) is 2.36. The molecule has 0 atom stereocenters. The van der Waals surface area contributed by atoms with Crippen LogP contribution in [0, 0.1) is 22.9 Å². The lowest BCUT2D eigenvalue weighted by molar-refractivity contribution is 0.641. The van der Waals surface area contributed by atoms with Crippen molar-refractivity contribution in [2.45, 2.75) is 0 Å². The molecule has 5 heteroatoms. The van der Waals surface area contributed by atoms with Crippen LogP contribution in [0.2, 0.25) is 0 Å². The number of nitrogens with zero attached hydrogens (tertiary/aromatic N) is 4. The summed E-state index contributed by atoms with van der Waals surface area (Å²) < 4.78 is 0. The summed E-state index contributed by atoms with van der Waals surface area (Å²) in [6.07, 6.45) is 3.58. The molecule has 0 spiro atoms. The van der Waals surface area contributed by atoms with E-state index in [-0.39, 0.29) is 0 Å². The molecule has 0 bridgehead atoms. The molecule has 1 heterocycles. The van der Waals surface area contributed by atoms with Crippen molar-refractivity contribution >= 4 is 16.9 Å². The Balaban J connectivity index is 2.72. The van der Waals surface area contributed by atoms with Crippen molar-refractivity contribution in [1.82, 2.24) is 4.90 Å². The molecule has 4 nitrogen and oxygen atoms in total. The first-order chi connectivity index (χ1) is 4.88. The molecule has 0 radical (unpaired) electrons. The smallest absolute Gasteiger partial charge is 0.208 e. The van der Waals surface area contributed by atoms with Crippen molar-refractivity contribution in [3.8, 4) is 12.4 Å². The Kier molecular flexibility index (Phi) is 2.14. The number of thioether (sulfide) groups is 1. The lowest BCUT2D eigenvalue weighted by Gasteiger charge is -2.01. The summed E-state index contributed by atoms with van der Waals surface area (Å²) in [5.41, 5.74) is 0. The molecule has 0 aromatic heterocycles. The van der Waals surface area contributed by atoms with Crippen LogP contribution >= 0.6 is 11.8 Å². The van der Waals surface area contributed by atoms with Gasteiger partial charge >= 0.3 is 0 Å². The fraction of sp³-hybridized carbons (Fsp3) is 0.400. The first-order valence-electron chi connectivity index (χ1n) is 2.65. The fourth-order valence-electron chi connectivity index (χ4n) is 0.630. The second-order valence-corrected chi connectivity index (χ2v) is 2.66. The number of rotatable bonds is 0. The monoisotopic (exact) mass is 152 g/mol. The third-order valence-corrected chi connectivity index (χ3v) is 2.00. The summed E-state index contributed by atoms with van der Waals surface area (Å²) in [5.74, 6) is 0.841. The van der Waals surface area contributed by atoms with Crippen LogP contribution in [0.3, 0.4) is 0 Å². The van der Waals surface area contributed by atoms with Crippen molar-refractivity contribution < 1.29 is 0 Å². The SMILES string of the molecule is N#CN=C1SCCN1C#N. The molecule has 1 rings (SSSR count). The van der Waals surface area contributed by atoms with Gasteiger partial charge in [-0.05, 0) is 0 Å². The minimum atomic E-state index is 0.519. The summed E-state index contributed by atoms with van der Waals surface area (Å²) in [7, 11) is 0. The van der Waals surface area contributed by atoms with Crippen LogP contribution in [0.5, 0.6) is 0 Å². The summed E-state index contributed by atoms with van der Waals surface area (Å²) in [5, 5.41) is 17.1.